The molecule has 0 amide bonds. The van der Waals surface area contributed by atoms with Crippen molar-refractivity contribution in [3.05, 3.63) is 225 Å². The number of ether oxygens (including phenoxy) is 4. The molecule has 8 heteroatoms. The molecule has 0 N–H and O–H groups in total. The molecular weight excluding hydrogens is 769 g/mol. The van der Waals surface area contributed by atoms with E-state index >= 15 is 0 Å². The summed E-state index contributed by atoms with van der Waals surface area (Å²) in [5.41, 5.74) is 13.0. The zero-order chi connectivity index (χ0) is 42.9. The van der Waals surface area contributed by atoms with E-state index in [1.165, 1.54) is 22.3 Å². The van der Waals surface area contributed by atoms with Crippen LogP contribution in [-0.2, 0) is 35.9 Å². The molecular formula is C54H54N4O4. The van der Waals surface area contributed by atoms with Crippen molar-refractivity contribution in [1.82, 2.24) is 9.97 Å². The summed E-state index contributed by atoms with van der Waals surface area (Å²) in [6.45, 7) is 11.1. The van der Waals surface area contributed by atoms with Crippen LogP contribution in [0.15, 0.2) is 168 Å². The number of aromatic nitrogens is 2. The summed E-state index contributed by atoms with van der Waals surface area (Å²) in [4.78, 5) is 18.9. The molecule has 2 heterocycles. The first-order valence-electron chi connectivity index (χ1n) is 21.0. The summed E-state index contributed by atoms with van der Waals surface area (Å²) in [5.74, 6) is 1.43. The molecule has 0 saturated carbocycles. The molecule has 314 valence electrons. The minimum absolute atomic E-state index is 0.186. The van der Waals surface area contributed by atoms with Crippen molar-refractivity contribution in [3.63, 3.8) is 0 Å². The van der Waals surface area contributed by atoms with Crippen LogP contribution in [0.25, 0.3) is 0 Å². The van der Waals surface area contributed by atoms with Crippen LogP contribution in [0.1, 0.15) is 79.1 Å². The lowest BCUT2D eigenvalue weighted by molar-refractivity contribution is 0.107. The van der Waals surface area contributed by atoms with Crippen LogP contribution >= 0.6 is 0 Å². The minimum Gasteiger partial charge on any atom is -0.487 e. The van der Waals surface area contributed by atoms with Gasteiger partial charge in [-0.05, 0) is 85.3 Å². The zero-order valence-electron chi connectivity index (χ0n) is 36.0. The zero-order valence-corrected chi connectivity index (χ0v) is 36.0. The third kappa shape index (κ3) is 13.6. The highest BCUT2D eigenvalue weighted by molar-refractivity contribution is 5.77. The number of rotatable bonds is 20. The highest BCUT2D eigenvalue weighted by Crippen LogP contribution is 2.22. The van der Waals surface area contributed by atoms with Crippen molar-refractivity contribution < 1.29 is 18.9 Å². The van der Waals surface area contributed by atoms with Gasteiger partial charge in [0.15, 0.2) is 0 Å². The van der Waals surface area contributed by atoms with Crippen molar-refractivity contribution in [2.75, 3.05) is 13.2 Å². The summed E-state index contributed by atoms with van der Waals surface area (Å²) < 4.78 is 24.5. The Balaban J connectivity index is 0.882. The quantitative estimate of drug-likeness (QED) is 0.0712. The van der Waals surface area contributed by atoms with Crippen molar-refractivity contribution in [2.45, 2.75) is 66.2 Å². The molecule has 8 nitrogen and oxygen atoms in total. The Bertz CT molecular complexity index is 2290. The predicted octanol–water partition coefficient (Wildman–Crippen LogP) is 11.6. The number of aliphatic imine (C=N–C) groups is 2. The smallest absolute Gasteiger partial charge is 0.138 e. The molecule has 0 fully saturated rings. The molecule has 0 unspecified atom stereocenters. The van der Waals surface area contributed by atoms with Gasteiger partial charge in [0.25, 0.3) is 0 Å². The summed E-state index contributed by atoms with van der Waals surface area (Å²) >= 11 is 0. The average Bonchev–Trinajstić information content (AvgIpc) is 3.28. The first-order chi connectivity index (χ1) is 30.3. The number of benzene rings is 5. The van der Waals surface area contributed by atoms with Crippen molar-refractivity contribution in [3.8, 4) is 11.5 Å². The van der Waals surface area contributed by atoms with Crippen LogP contribution in [0, 0.1) is 27.7 Å². The fourth-order valence-corrected chi connectivity index (χ4v) is 7.19. The molecule has 62 heavy (non-hydrogen) atoms. The SMILES string of the molecule is Cc1cc(C)cc(COc2ccc(C=N[C@@H](COCc3ccc(COC[C@H](N=Cc4ccc(OCc5cc(C)cc(C)c5)cn4)c4ccccc4)cc3)c3ccccc3)nc2)c1. The summed E-state index contributed by atoms with van der Waals surface area (Å²) in [6.07, 6.45) is 7.09. The molecule has 0 aliphatic rings. The van der Waals surface area contributed by atoms with Gasteiger partial charge in [-0.15, -0.1) is 0 Å². The van der Waals surface area contributed by atoms with Gasteiger partial charge in [-0.25, -0.2) is 0 Å². The monoisotopic (exact) mass is 822 g/mol. The lowest BCUT2D eigenvalue weighted by Gasteiger charge is -2.15. The topological polar surface area (TPSA) is 87.4 Å². The van der Waals surface area contributed by atoms with Gasteiger partial charge in [-0.1, -0.05) is 144 Å². The molecule has 7 rings (SSSR count). The van der Waals surface area contributed by atoms with Crippen LogP contribution in [0.3, 0.4) is 0 Å². The van der Waals surface area contributed by atoms with E-state index in [1.807, 2.05) is 60.7 Å². The average molecular weight is 823 g/mol. The van der Waals surface area contributed by atoms with Gasteiger partial charge in [-0.2, -0.15) is 0 Å². The van der Waals surface area contributed by atoms with Gasteiger partial charge < -0.3 is 18.9 Å². The molecule has 7 aromatic rings. The Morgan fingerprint density at radius 1 is 0.435 bits per heavy atom. The third-order valence-electron chi connectivity index (χ3n) is 10.1. The fourth-order valence-electron chi connectivity index (χ4n) is 7.19. The van der Waals surface area contributed by atoms with E-state index in [0.29, 0.717) is 39.6 Å². The largest absolute Gasteiger partial charge is 0.487 e. The third-order valence-corrected chi connectivity index (χ3v) is 10.1. The van der Waals surface area contributed by atoms with E-state index in [-0.39, 0.29) is 12.1 Å². The normalized spacial score (nSPS) is 12.5. The van der Waals surface area contributed by atoms with Crippen LogP contribution in [0.4, 0.5) is 0 Å². The lowest BCUT2D eigenvalue weighted by Crippen LogP contribution is -2.08. The standard InChI is InChI=1S/C54H54N4O4/c1-39-23-40(2)26-45(25-39)35-61-51-21-19-49(55-31-51)29-57-53(47-11-7-5-8-12-47)37-59-33-43-15-17-44(18-16-43)34-60-38-54(48-13-9-6-10-14-48)58-30-50-20-22-52(32-56-50)62-36-46-27-41(3)24-42(4)28-46/h5-32,53-54H,33-38H2,1-4H3/t53-,54-/m0/s1. The summed E-state index contributed by atoms with van der Waals surface area (Å²) in [5, 5.41) is 0. The van der Waals surface area contributed by atoms with E-state index in [0.717, 1.165) is 56.3 Å². The molecule has 0 bridgehead atoms. The van der Waals surface area contributed by atoms with E-state index in [2.05, 4.69) is 123 Å². The van der Waals surface area contributed by atoms with Gasteiger partial charge in [0.2, 0.25) is 0 Å². The first kappa shape index (κ1) is 43.4. The number of pyridine rings is 2. The number of nitrogens with zero attached hydrogens (tertiary/aromatic N) is 4. The van der Waals surface area contributed by atoms with Gasteiger partial charge in [-0.3, -0.25) is 20.0 Å². The maximum Gasteiger partial charge on any atom is 0.138 e. The molecule has 2 aromatic heterocycles. The van der Waals surface area contributed by atoms with Crippen molar-refractivity contribution in [2.24, 2.45) is 9.98 Å². The maximum atomic E-state index is 6.23. The minimum atomic E-state index is -0.186. The molecule has 5 aromatic carbocycles. The van der Waals surface area contributed by atoms with Gasteiger partial charge >= 0.3 is 0 Å². The van der Waals surface area contributed by atoms with E-state index in [1.54, 1.807) is 24.8 Å². The molecule has 0 radical (unpaired) electrons. The Morgan fingerprint density at radius 3 is 1.18 bits per heavy atom. The Hall–Kier alpha value is -6.74. The van der Waals surface area contributed by atoms with Crippen LogP contribution in [0.2, 0.25) is 0 Å². The molecule has 0 aliphatic heterocycles. The summed E-state index contributed by atoms with van der Waals surface area (Å²) in [6, 6.07) is 49.0. The second-order valence-corrected chi connectivity index (χ2v) is 15.7. The van der Waals surface area contributed by atoms with Gasteiger partial charge in [0, 0.05) is 12.4 Å². The second-order valence-electron chi connectivity index (χ2n) is 15.7. The first-order valence-corrected chi connectivity index (χ1v) is 21.0. The number of aryl methyl sites for hydroxylation is 4. The molecule has 2 atom stereocenters. The number of hydrogen-bond acceptors (Lipinski definition) is 8. The Morgan fingerprint density at radius 2 is 0.823 bits per heavy atom. The molecule has 0 aliphatic carbocycles. The number of hydrogen-bond donors (Lipinski definition) is 0. The van der Waals surface area contributed by atoms with E-state index in [9.17, 15) is 0 Å². The van der Waals surface area contributed by atoms with Crippen molar-refractivity contribution >= 4 is 12.4 Å². The van der Waals surface area contributed by atoms with E-state index < -0.39 is 0 Å². The Kier molecular flexibility index (Phi) is 15.5. The van der Waals surface area contributed by atoms with Crippen LogP contribution in [-0.4, -0.2) is 35.6 Å². The molecule has 0 saturated heterocycles. The van der Waals surface area contributed by atoms with Crippen molar-refractivity contribution in [1.29, 1.82) is 0 Å². The van der Waals surface area contributed by atoms with Crippen LogP contribution < -0.4 is 9.47 Å². The maximum absolute atomic E-state index is 6.23. The molecule has 0 spiro atoms. The van der Waals surface area contributed by atoms with Gasteiger partial charge in [0.05, 0.1) is 62.3 Å². The highest BCUT2D eigenvalue weighted by atomic mass is 16.5. The second kappa shape index (κ2) is 22.2. The summed E-state index contributed by atoms with van der Waals surface area (Å²) in [7, 11) is 0. The Labute approximate surface area is 366 Å². The highest BCUT2D eigenvalue weighted by Gasteiger charge is 2.12. The fraction of sp³-hybridized carbons (Fsp3) is 0.222. The van der Waals surface area contributed by atoms with E-state index in [4.69, 9.17) is 28.9 Å². The van der Waals surface area contributed by atoms with Crippen LogP contribution in [0.5, 0.6) is 11.5 Å². The predicted molar refractivity (Wildman–Crippen MR) is 248 cm³/mol. The van der Waals surface area contributed by atoms with Gasteiger partial charge in [0.1, 0.15) is 24.7 Å². The lowest BCUT2D eigenvalue weighted by atomic mass is 10.1.